The topological polar surface area (TPSA) is 97.3 Å². The van der Waals surface area contributed by atoms with Crippen molar-refractivity contribution in [2.75, 3.05) is 0 Å². The molecule has 120 valence electrons. The molecule has 0 heterocycles. The number of carbonyl (C=O) groups is 3. The van der Waals surface area contributed by atoms with Gasteiger partial charge >= 0.3 is 44.8 Å². The first-order valence-electron chi connectivity index (χ1n) is 5.66. The molecule has 5 nitrogen and oxygen atoms in total. The molecule has 22 heavy (non-hydrogen) atoms. The Morgan fingerprint density at radius 3 is 1.00 bits per heavy atom. The summed E-state index contributed by atoms with van der Waals surface area (Å²) in [4.78, 5) is 33.3. The minimum absolute atomic E-state index is 0. The van der Waals surface area contributed by atoms with E-state index >= 15 is 0 Å². The van der Waals surface area contributed by atoms with E-state index in [9.17, 15) is 24.6 Å². The number of ketones is 1. The van der Waals surface area contributed by atoms with Gasteiger partial charge in [0, 0.05) is 11.1 Å². The SMILES string of the molecule is O=C([O-])c1ccc(C(=O)c2ccc(C(=O)[O-])cc2)cc1.[Ag+].[Ag+]. The molecular weight excluding hydrogens is 476 g/mol. The van der Waals surface area contributed by atoms with Crippen molar-refractivity contribution in [2.45, 2.75) is 0 Å². The summed E-state index contributed by atoms with van der Waals surface area (Å²) in [5.74, 6) is -2.97. The maximum Gasteiger partial charge on any atom is 1.00 e. The number of carbonyl (C=O) groups excluding carboxylic acids is 3. The quantitative estimate of drug-likeness (QED) is 0.437. The van der Waals surface area contributed by atoms with E-state index in [1.165, 1.54) is 48.5 Å². The van der Waals surface area contributed by atoms with Crippen molar-refractivity contribution in [1.82, 2.24) is 0 Å². The number of hydrogen-bond acceptors (Lipinski definition) is 5. The van der Waals surface area contributed by atoms with Crippen molar-refractivity contribution in [3.8, 4) is 0 Å². The second kappa shape index (κ2) is 8.85. The number of hydrogen-bond donors (Lipinski definition) is 0. The van der Waals surface area contributed by atoms with Crippen LogP contribution in [0.4, 0.5) is 0 Å². The van der Waals surface area contributed by atoms with Crippen molar-refractivity contribution in [1.29, 1.82) is 0 Å². The third-order valence-electron chi connectivity index (χ3n) is 2.77. The Kier molecular flexibility index (Phi) is 8.26. The molecule has 7 heteroatoms. The van der Waals surface area contributed by atoms with Gasteiger partial charge in [0.2, 0.25) is 0 Å². The summed E-state index contributed by atoms with van der Waals surface area (Å²) in [6.07, 6.45) is 0. The number of benzene rings is 2. The van der Waals surface area contributed by atoms with Crippen LogP contribution in [0, 0.1) is 0 Å². The summed E-state index contributed by atoms with van der Waals surface area (Å²) in [5, 5.41) is 21.2. The zero-order valence-electron chi connectivity index (χ0n) is 10.8. The summed E-state index contributed by atoms with van der Waals surface area (Å²) < 4.78 is 0. The Morgan fingerprint density at radius 1 is 0.545 bits per heavy atom. The molecule has 0 bridgehead atoms. The van der Waals surface area contributed by atoms with Crippen LogP contribution in [-0.2, 0) is 44.8 Å². The van der Waals surface area contributed by atoms with Gasteiger partial charge in [-0.1, -0.05) is 48.5 Å². The molecule has 0 aliphatic carbocycles. The molecule has 0 fully saturated rings. The van der Waals surface area contributed by atoms with Crippen LogP contribution < -0.4 is 10.2 Å². The number of rotatable bonds is 4. The van der Waals surface area contributed by atoms with Crippen LogP contribution in [0.15, 0.2) is 48.5 Å². The zero-order valence-corrected chi connectivity index (χ0v) is 13.7. The standard InChI is InChI=1S/C15H10O5.2Ag/c16-13(9-1-5-11(6-2-9)14(17)18)10-3-7-12(8-4-10)15(19)20;;/h1-8H,(H,17,18)(H,19,20);;/q;2*+1/p-2. The summed E-state index contributed by atoms with van der Waals surface area (Å²) in [7, 11) is 0. The Morgan fingerprint density at radius 2 is 0.773 bits per heavy atom. The Labute approximate surface area is 157 Å². The molecule has 0 unspecified atom stereocenters. The molecule has 0 N–H and O–H groups in total. The first kappa shape index (κ1) is 20.5. The first-order valence-corrected chi connectivity index (χ1v) is 5.66. The molecule has 0 saturated heterocycles. The second-order valence-electron chi connectivity index (χ2n) is 4.06. The van der Waals surface area contributed by atoms with Gasteiger partial charge in [-0.15, -0.1) is 0 Å². The maximum atomic E-state index is 12.1. The molecule has 2 aromatic carbocycles. The van der Waals surface area contributed by atoms with E-state index in [2.05, 4.69) is 0 Å². The number of aromatic carboxylic acids is 2. The van der Waals surface area contributed by atoms with Crippen LogP contribution in [0.2, 0.25) is 0 Å². The van der Waals surface area contributed by atoms with Crippen LogP contribution in [0.5, 0.6) is 0 Å². The molecule has 0 spiro atoms. The minimum Gasteiger partial charge on any atom is -0.545 e. The molecule has 0 aliphatic rings. The maximum absolute atomic E-state index is 12.1. The molecule has 0 radical (unpaired) electrons. The van der Waals surface area contributed by atoms with Gasteiger partial charge in [-0.3, -0.25) is 4.79 Å². The van der Waals surface area contributed by atoms with Gasteiger partial charge in [-0.05, 0) is 11.1 Å². The van der Waals surface area contributed by atoms with Gasteiger partial charge in [0.05, 0.1) is 11.9 Å². The predicted molar refractivity (Wildman–Crippen MR) is 65.0 cm³/mol. The van der Waals surface area contributed by atoms with E-state index in [0.29, 0.717) is 11.1 Å². The predicted octanol–water partition coefficient (Wildman–Crippen LogP) is -0.360. The van der Waals surface area contributed by atoms with Crippen LogP contribution >= 0.6 is 0 Å². The Hall–Kier alpha value is -1.47. The van der Waals surface area contributed by atoms with Gasteiger partial charge < -0.3 is 19.8 Å². The normalized spacial score (nSPS) is 9.09. The van der Waals surface area contributed by atoms with Gasteiger partial charge in [-0.25, -0.2) is 0 Å². The molecular formula is C15H8Ag2O5. The molecule has 0 amide bonds. The van der Waals surface area contributed by atoms with Crippen molar-refractivity contribution < 1.29 is 69.4 Å². The smallest absolute Gasteiger partial charge is 0.545 e. The van der Waals surface area contributed by atoms with Gasteiger partial charge in [0.15, 0.2) is 5.78 Å². The van der Waals surface area contributed by atoms with Gasteiger partial charge in [-0.2, -0.15) is 0 Å². The van der Waals surface area contributed by atoms with Crippen LogP contribution in [-0.4, -0.2) is 17.7 Å². The van der Waals surface area contributed by atoms with Crippen LogP contribution in [0.3, 0.4) is 0 Å². The van der Waals surface area contributed by atoms with Crippen molar-refractivity contribution in [2.24, 2.45) is 0 Å². The third-order valence-corrected chi connectivity index (χ3v) is 2.77. The number of carboxylic acid groups (broad SMARTS) is 2. The van der Waals surface area contributed by atoms with Crippen molar-refractivity contribution in [3.63, 3.8) is 0 Å². The first-order chi connectivity index (χ1) is 9.49. The van der Waals surface area contributed by atoms with E-state index in [1.807, 2.05) is 0 Å². The second-order valence-corrected chi connectivity index (χ2v) is 4.06. The van der Waals surface area contributed by atoms with Crippen molar-refractivity contribution in [3.05, 3.63) is 70.8 Å². The summed E-state index contributed by atoms with van der Waals surface area (Å²) in [5.41, 5.74) is 0.565. The van der Waals surface area contributed by atoms with E-state index < -0.39 is 11.9 Å². The number of carboxylic acids is 2. The third kappa shape index (κ3) is 4.78. The van der Waals surface area contributed by atoms with Gasteiger partial charge in [0.25, 0.3) is 0 Å². The molecule has 0 aliphatic heterocycles. The summed E-state index contributed by atoms with van der Waals surface area (Å²) in [6.45, 7) is 0. The van der Waals surface area contributed by atoms with Gasteiger partial charge in [0.1, 0.15) is 0 Å². The fraction of sp³-hybridized carbons (Fsp3) is 0. The average molecular weight is 484 g/mol. The molecule has 2 rings (SSSR count). The molecule has 2 aromatic rings. The fourth-order valence-corrected chi connectivity index (χ4v) is 1.68. The average Bonchev–Trinajstić information content (AvgIpc) is 2.46. The molecule has 0 aromatic heterocycles. The minimum atomic E-state index is -1.32. The van der Waals surface area contributed by atoms with Crippen LogP contribution in [0.1, 0.15) is 36.6 Å². The van der Waals surface area contributed by atoms with E-state index in [4.69, 9.17) is 0 Å². The fourth-order valence-electron chi connectivity index (χ4n) is 1.68. The van der Waals surface area contributed by atoms with Crippen LogP contribution in [0.25, 0.3) is 0 Å². The van der Waals surface area contributed by atoms with E-state index in [0.717, 1.165) is 0 Å². The monoisotopic (exact) mass is 482 g/mol. The molecule has 0 saturated carbocycles. The Balaban J connectivity index is 0.00000220. The largest absolute Gasteiger partial charge is 1.00 e. The van der Waals surface area contributed by atoms with E-state index in [1.54, 1.807) is 0 Å². The van der Waals surface area contributed by atoms with E-state index in [-0.39, 0.29) is 61.7 Å². The summed E-state index contributed by atoms with van der Waals surface area (Å²) in [6, 6.07) is 10.6. The zero-order chi connectivity index (χ0) is 14.7. The summed E-state index contributed by atoms with van der Waals surface area (Å²) >= 11 is 0. The molecule has 0 atom stereocenters. The Bertz CT molecular complexity index is 619. The van der Waals surface area contributed by atoms with Crippen molar-refractivity contribution >= 4 is 17.7 Å².